The Morgan fingerprint density at radius 3 is 2.02 bits per heavy atom. The van der Waals surface area contributed by atoms with E-state index >= 15 is 0 Å². The van der Waals surface area contributed by atoms with Crippen molar-refractivity contribution < 1.29 is 4.42 Å². The molecule has 4 aromatic heterocycles. The lowest BCUT2D eigenvalue weighted by atomic mass is 9.95. The molecule has 0 aliphatic rings. The van der Waals surface area contributed by atoms with Crippen LogP contribution in [0.4, 0.5) is 0 Å². The molecule has 11 aromatic rings. The monoisotopic (exact) mass is 677 g/mol. The number of aromatic nitrogens is 3. The van der Waals surface area contributed by atoms with Gasteiger partial charge < -0.3 is 8.98 Å². The number of pyridine rings is 1. The van der Waals surface area contributed by atoms with Crippen LogP contribution in [0.3, 0.4) is 0 Å². The van der Waals surface area contributed by atoms with E-state index in [0.29, 0.717) is 0 Å². The van der Waals surface area contributed by atoms with Gasteiger partial charge in [0.15, 0.2) is 0 Å². The van der Waals surface area contributed by atoms with Gasteiger partial charge in [-0.05, 0) is 76.9 Å². The molecule has 4 heteroatoms. The zero-order chi connectivity index (χ0) is 34.9. The standard InChI is InChI=1S/C49H31N3O/c1-3-14-32(15-4-1)33-16-11-18-35(28-33)48-49(51-27-10-9-26-46(51)50-48)36-19-12-17-34(29-36)38-23-13-25-44-47(38)41-30-40-39-22-7-8-24-42(39)52(37-20-5-2-6-21-37)43(40)31-45(41)53-44/h1-31H. The van der Waals surface area contributed by atoms with Gasteiger partial charge in [-0.3, -0.25) is 4.40 Å². The molecule has 0 aliphatic carbocycles. The van der Waals surface area contributed by atoms with Crippen LogP contribution in [-0.2, 0) is 0 Å². The maximum absolute atomic E-state index is 6.67. The van der Waals surface area contributed by atoms with Crippen LogP contribution in [0.2, 0.25) is 0 Å². The molecule has 0 unspecified atom stereocenters. The average molecular weight is 678 g/mol. The highest BCUT2D eigenvalue weighted by atomic mass is 16.3. The third-order valence-corrected chi connectivity index (χ3v) is 10.5. The number of fused-ring (bicyclic) bond motifs is 7. The summed E-state index contributed by atoms with van der Waals surface area (Å²) in [7, 11) is 0. The third kappa shape index (κ3) is 4.66. The highest BCUT2D eigenvalue weighted by Crippen LogP contribution is 2.43. The van der Waals surface area contributed by atoms with Gasteiger partial charge in [-0.25, -0.2) is 4.98 Å². The van der Waals surface area contributed by atoms with Gasteiger partial charge in [-0.2, -0.15) is 0 Å². The van der Waals surface area contributed by atoms with Crippen molar-refractivity contribution in [1.29, 1.82) is 0 Å². The summed E-state index contributed by atoms with van der Waals surface area (Å²) in [4.78, 5) is 5.20. The van der Waals surface area contributed by atoms with E-state index in [1.54, 1.807) is 0 Å². The van der Waals surface area contributed by atoms with E-state index in [4.69, 9.17) is 9.40 Å². The summed E-state index contributed by atoms with van der Waals surface area (Å²) < 4.78 is 11.2. The van der Waals surface area contributed by atoms with Crippen LogP contribution in [-0.4, -0.2) is 14.0 Å². The SMILES string of the molecule is c1ccc(-c2cccc(-c3nc4ccccn4c3-c3cccc(-c4cccc5oc6cc7c(cc6c45)c4ccccc4n7-c4ccccc4)c3)c2)cc1. The fraction of sp³-hybridized carbons (Fsp3) is 0. The van der Waals surface area contributed by atoms with Crippen molar-refractivity contribution in [1.82, 2.24) is 14.0 Å². The molecule has 0 amide bonds. The lowest BCUT2D eigenvalue weighted by molar-refractivity contribution is 0.669. The van der Waals surface area contributed by atoms with Crippen LogP contribution in [0.1, 0.15) is 0 Å². The number of furan rings is 1. The second-order valence-corrected chi connectivity index (χ2v) is 13.6. The van der Waals surface area contributed by atoms with Gasteiger partial charge in [0.25, 0.3) is 0 Å². The number of benzene rings is 7. The lowest BCUT2D eigenvalue weighted by Gasteiger charge is -2.10. The van der Waals surface area contributed by atoms with Crippen molar-refractivity contribution in [2.24, 2.45) is 0 Å². The van der Waals surface area contributed by atoms with Gasteiger partial charge in [-0.1, -0.05) is 121 Å². The van der Waals surface area contributed by atoms with Crippen LogP contribution in [0.5, 0.6) is 0 Å². The molecule has 0 bridgehead atoms. The fourth-order valence-corrected chi connectivity index (χ4v) is 8.17. The predicted molar refractivity (Wildman–Crippen MR) is 219 cm³/mol. The summed E-state index contributed by atoms with van der Waals surface area (Å²) in [6, 6.07) is 64.4. The highest BCUT2D eigenvalue weighted by Gasteiger charge is 2.20. The number of hydrogen-bond acceptors (Lipinski definition) is 2. The molecule has 0 N–H and O–H groups in total. The Morgan fingerprint density at radius 2 is 1.13 bits per heavy atom. The van der Waals surface area contributed by atoms with Crippen molar-refractivity contribution in [3.63, 3.8) is 0 Å². The smallest absolute Gasteiger partial charge is 0.137 e. The van der Waals surface area contributed by atoms with Crippen LogP contribution in [0, 0.1) is 0 Å². The Kier molecular flexibility index (Phi) is 6.52. The van der Waals surface area contributed by atoms with E-state index in [0.717, 1.165) is 72.4 Å². The maximum Gasteiger partial charge on any atom is 0.137 e. The van der Waals surface area contributed by atoms with Crippen molar-refractivity contribution in [2.45, 2.75) is 0 Å². The quantitative estimate of drug-likeness (QED) is 0.182. The zero-order valence-electron chi connectivity index (χ0n) is 28.6. The molecule has 7 aromatic carbocycles. The van der Waals surface area contributed by atoms with Crippen LogP contribution < -0.4 is 0 Å². The predicted octanol–water partition coefficient (Wildman–Crippen LogP) is 13.0. The van der Waals surface area contributed by atoms with Gasteiger partial charge in [0.2, 0.25) is 0 Å². The number of nitrogens with zero attached hydrogens (tertiary/aromatic N) is 3. The van der Waals surface area contributed by atoms with E-state index in [1.165, 1.54) is 27.4 Å². The van der Waals surface area contributed by atoms with E-state index in [2.05, 4.69) is 191 Å². The van der Waals surface area contributed by atoms with Crippen molar-refractivity contribution in [3.8, 4) is 50.5 Å². The summed E-state index contributed by atoms with van der Waals surface area (Å²) in [5.74, 6) is 0. The van der Waals surface area contributed by atoms with Gasteiger partial charge in [0.1, 0.15) is 16.8 Å². The van der Waals surface area contributed by atoms with E-state index in [1.807, 2.05) is 6.07 Å². The summed E-state index contributed by atoms with van der Waals surface area (Å²) in [5.41, 5.74) is 14.9. The molecule has 0 saturated heterocycles. The lowest BCUT2D eigenvalue weighted by Crippen LogP contribution is -1.92. The minimum absolute atomic E-state index is 0.874. The van der Waals surface area contributed by atoms with Gasteiger partial charge in [0, 0.05) is 50.6 Å². The van der Waals surface area contributed by atoms with Gasteiger partial charge >= 0.3 is 0 Å². The minimum atomic E-state index is 0.874. The summed E-state index contributed by atoms with van der Waals surface area (Å²) >= 11 is 0. The molecule has 0 radical (unpaired) electrons. The number of imidazole rings is 1. The minimum Gasteiger partial charge on any atom is -0.456 e. The first-order chi connectivity index (χ1) is 26.3. The first-order valence-corrected chi connectivity index (χ1v) is 18.0. The maximum atomic E-state index is 6.67. The van der Waals surface area contributed by atoms with Crippen LogP contribution in [0.25, 0.3) is 99.8 Å². The van der Waals surface area contributed by atoms with Crippen molar-refractivity contribution in [2.75, 3.05) is 0 Å². The largest absolute Gasteiger partial charge is 0.456 e. The first-order valence-electron chi connectivity index (χ1n) is 18.0. The molecule has 4 heterocycles. The second kappa shape index (κ2) is 11.7. The molecule has 53 heavy (non-hydrogen) atoms. The summed E-state index contributed by atoms with van der Waals surface area (Å²) in [6.45, 7) is 0. The topological polar surface area (TPSA) is 35.4 Å². The molecule has 248 valence electrons. The highest BCUT2D eigenvalue weighted by molar-refractivity contribution is 6.20. The molecule has 0 fully saturated rings. The summed E-state index contributed by atoms with van der Waals surface area (Å²) in [5, 5.41) is 4.65. The number of hydrogen-bond donors (Lipinski definition) is 0. The normalized spacial score (nSPS) is 11.8. The fourth-order valence-electron chi connectivity index (χ4n) is 8.17. The molecule has 0 atom stereocenters. The van der Waals surface area contributed by atoms with Gasteiger partial charge in [-0.15, -0.1) is 0 Å². The Morgan fingerprint density at radius 1 is 0.434 bits per heavy atom. The van der Waals surface area contributed by atoms with Crippen molar-refractivity contribution in [3.05, 3.63) is 188 Å². The van der Waals surface area contributed by atoms with E-state index in [-0.39, 0.29) is 0 Å². The molecule has 11 rings (SSSR count). The zero-order valence-corrected chi connectivity index (χ0v) is 28.6. The van der Waals surface area contributed by atoms with E-state index < -0.39 is 0 Å². The second-order valence-electron chi connectivity index (χ2n) is 13.6. The van der Waals surface area contributed by atoms with Crippen molar-refractivity contribution >= 4 is 49.4 Å². The summed E-state index contributed by atoms with van der Waals surface area (Å²) in [6.07, 6.45) is 2.11. The number of para-hydroxylation sites is 2. The molecular weight excluding hydrogens is 647 g/mol. The number of rotatable bonds is 5. The molecule has 0 saturated carbocycles. The molecular formula is C49H31N3O. The Labute approximate surface area is 305 Å². The molecule has 0 spiro atoms. The first kappa shape index (κ1) is 29.5. The average Bonchev–Trinajstić information content (AvgIpc) is 3.90. The Hall–Kier alpha value is -7.17. The van der Waals surface area contributed by atoms with E-state index in [9.17, 15) is 0 Å². The Bertz CT molecular complexity index is 3170. The third-order valence-electron chi connectivity index (χ3n) is 10.5. The molecule has 4 nitrogen and oxygen atoms in total. The van der Waals surface area contributed by atoms with Crippen LogP contribution in [0.15, 0.2) is 193 Å². The molecule has 0 aliphatic heterocycles. The van der Waals surface area contributed by atoms with Crippen LogP contribution >= 0.6 is 0 Å². The van der Waals surface area contributed by atoms with Gasteiger partial charge in [0.05, 0.1) is 22.4 Å². The Balaban J connectivity index is 1.11.